The molecule has 0 fully saturated rings. The summed E-state index contributed by atoms with van der Waals surface area (Å²) in [6.07, 6.45) is 0. The Morgan fingerprint density at radius 1 is 0.571 bits per heavy atom. The Bertz CT molecular complexity index is 1150. The average molecular weight is 337 g/mol. The minimum absolute atomic E-state index is 0.885. The molecular formula is C18H9BrO2. The van der Waals surface area contributed by atoms with E-state index in [1.54, 1.807) is 0 Å². The van der Waals surface area contributed by atoms with Crippen molar-refractivity contribution in [2.24, 2.45) is 0 Å². The molecular weight excluding hydrogens is 328 g/mol. The molecule has 0 saturated carbocycles. The van der Waals surface area contributed by atoms with Crippen molar-refractivity contribution in [2.45, 2.75) is 0 Å². The number of halogens is 1. The number of hydrogen-bond acceptors (Lipinski definition) is 2. The van der Waals surface area contributed by atoms with Crippen LogP contribution in [0.25, 0.3) is 43.9 Å². The highest BCUT2D eigenvalue weighted by molar-refractivity contribution is 9.10. The lowest BCUT2D eigenvalue weighted by atomic mass is 10.1. The monoisotopic (exact) mass is 336 g/mol. The third-order valence-corrected chi connectivity index (χ3v) is 4.61. The molecule has 0 aliphatic heterocycles. The van der Waals surface area contributed by atoms with Gasteiger partial charge in [-0.25, -0.2) is 0 Å². The standard InChI is InChI=1S/C18H9BrO2/c19-11-5-3-7-13-17(11)18-15(21-13)9-8-14-16(18)10-4-1-2-6-12(10)20-14/h1-9H. The summed E-state index contributed by atoms with van der Waals surface area (Å²) in [5.74, 6) is 0. The first-order valence-corrected chi connectivity index (χ1v) is 7.53. The van der Waals surface area contributed by atoms with Crippen molar-refractivity contribution < 1.29 is 8.83 Å². The summed E-state index contributed by atoms with van der Waals surface area (Å²) in [5.41, 5.74) is 3.57. The number of furan rings is 2. The van der Waals surface area contributed by atoms with Crippen LogP contribution >= 0.6 is 15.9 Å². The van der Waals surface area contributed by atoms with Gasteiger partial charge in [0.2, 0.25) is 0 Å². The van der Waals surface area contributed by atoms with Gasteiger partial charge in [0.25, 0.3) is 0 Å². The van der Waals surface area contributed by atoms with E-state index in [-0.39, 0.29) is 0 Å². The van der Waals surface area contributed by atoms with Crippen molar-refractivity contribution in [1.82, 2.24) is 0 Å². The maximum Gasteiger partial charge on any atom is 0.136 e. The van der Waals surface area contributed by atoms with Gasteiger partial charge in [0, 0.05) is 26.0 Å². The van der Waals surface area contributed by atoms with Gasteiger partial charge in [0.15, 0.2) is 0 Å². The van der Waals surface area contributed by atoms with Crippen LogP contribution in [0.4, 0.5) is 0 Å². The molecule has 2 heterocycles. The van der Waals surface area contributed by atoms with Gasteiger partial charge in [-0.05, 0) is 30.3 Å². The van der Waals surface area contributed by atoms with Gasteiger partial charge in [-0.15, -0.1) is 0 Å². The minimum Gasteiger partial charge on any atom is -0.456 e. The predicted molar refractivity (Wildman–Crippen MR) is 88.7 cm³/mol. The predicted octanol–water partition coefficient (Wildman–Crippen LogP) is 6.25. The highest BCUT2D eigenvalue weighted by atomic mass is 79.9. The summed E-state index contributed by atoms with van der Waals surface area (Å²) in [6.45, 7) is 0. The first-order chi connectivity index (χ1) is 10.3. The second-order valence-corrected chi connectivity index (χ2v) is 5.98. The van der Waals surface area contributed by atoms with Crippen LogP contribution < -0.4 is 0 Å². The van der Waals surface area contributed by atoms with Gasteiger partial charge in [0.05, 0.1) is 0 Å². The summed E-state index contributed by atoms with van der Waals surface area (Å²) in [4.78, 5) is 0. The zero-order chi connectivity index (χ0) is 14.0. The van der Waals surface area contributed by atoms with Crippen LogP contribution in [-0.4, -0.2) is 0 Å². The van der Waals surface area contributed by atoms with Crippen LogP contribution in [0.2, 0.25) is 0 Å². The minimum atomic E-state index is 0.885. The van der Waals surface area contributed by atoms with Crippen LogP contribution in [-0.2, 0) is 0 Å². The van der Waals surface area contributed by atoms with Crippen LogP contribution in [0.5, 0.6) is 0 Å². The van der Waals surface area contributed by atoms with E-state index in [4.69, 9.17) is 8.83 Å². The Kier molecular flexibility index (Phi) is 2.11. The summed E-state index contributed by atoms with van der Waals surface area (Å²) in [5, 5.41) is 4.45. The van der Waals surface area contributed by atoms with Gasteiger partial charge in [-0.3, -0.25) is 0 Å². The molecule has 5 aromatic rings. The number of benzene rings is 3. The lowest BCUT2D eigenvalue weighted by Crippen LogP contribution is -1.72. The summed E-state index contributed by atoms with van der Waals surface area (Å²) in [7, 11) is 0. The SMILES string of the molecule is Brc1cccc2oc3ccc4oc5ccccc5c4c3c12. The number of para-hydroxylation sites is 1. The number of rotatable bonds is 0. The summed E-state index contributed by atoms with van der Waals surface area (Å²) < 4.78 is 13.0. The van der Waals surface area contributed by atoms with Gasteiger partial charge in [-0.2, -0.15) is 0 Å². The quantitative estimate of drug-likeness (QED) is 0.334. The Balaban J connectivity index is 2.19. The normalized spacial score (nSPS) is 12.0. The molecule has 5 rings (SSSR count). The maximum atomic E-state index is 5.99. The second-order valence-electron chi connectivity index (χ2n) is 5.13. The molecule has 0 amide bonds. The zero-order valence-electron chi connectivity index (χ0n) is 10.9. The van der Waals surface area contributed by atoms with Crippen molar-refractivity contribution in [2.75, 3.05) is 0 Å². The number of fused-ring (bicyclic) bond motifs is 7. The summed E-state index contributed by atoms with van der Waals surface area (Å²) >= 11 is 3.64. The molecule has 0 aliphatic carbocycles. The third-order valence-electron chi connectivity index (χ3n) is 3.95. The molecule has 100 valence electrons. The molecule has 3 heteroatoms. The maximum absolute atomic E-state index is 5.99. The van der Waals surface area contributed by atoms with Crippen LogP contribution in [0.1, 0.15) is 0 Å². The zero-order valence-corrected chi connectivity index (χ0v) is 12.5. The fourth-order valence-corrected chi connectivity index (χ4v) is 3.63. The van der Waals surface area contributed by atoms with E-state index in [1.165, 1.54) is 0 Å². The molecule has 0 atom stereocenters. The van der Waals surface area contributed by atoms with Crippen molar-refractivity contribution in [3.05, 3.63) is 59.1 Å². The van der Waals surface area contributed by atoms with Crippen LogP contribution in [0.15, 0.2) is 67.9 Å². The molecule has 2 nitrogen and oxygen atoms in total. The molecule has 21 heavy (non-hydrogen) atoms. The van der Waals surface area contributed by atoms with Crippen LogP contribution in [0, 0.1) is 0 Å². The Morgan fingerprint density at radius 3 is 2.14 bits per heavy atom. The highest BCUT2D eigenvalue weighted by Crippen LogP contribution is 2.41. The average Bonchev–Trinajstić information content (AvgIpc) is 3.04. The topological polar surface area (TPSA) is 26.3 Å². The highest BCUT2D eigenvalue weighted by Gasteiger charge is 2.16. The van der Waals surface area contributed by atoms with E-state index in [9.17, 15) is 0 Å². The van der Waals surface area contributed by atoms with Gasteiger partial charge >= 0.3 is 0 Å². The van der Waals surface area contributed by atoms with E-state index >= 15 is 0 Å². The molecule has 2 aromatic heterocycles. The summed E-state index contributed by atoms with van der Waals surface area (Å²) in [6, 6.07) is 18.1. The molecule has 0 bridgehead atoms. The van der Waals surface area contributed by atoms with Gasteiger partial charge < -0.3 is 8.83 Å². The molecule has 0 aliphatic rings. The Morgan fingerprint density at radius 2 is 1.24 bits per heavy atom. The third kappa shape index (κ3) is 1.41. The molecule has 0 saturated heterocycles. The van der Waals surface area contributed by atoms with E-state index in [1.807, 2.05) is 48.5 Å². The fraction of sp³-hybridized carbons (Fsp3) is 0. The Labute approximate surface area is 128 Å². The molecule has 0 N–H and O–H groups in total. The lowest BCUT2D eigenvalue weighted by molar-refractivity contribution is 0.663. The van der Waals surface area contributed by atoms with Crippen molar-refractivity contribution >= 4 is 59.8 Å². The largest absolute Gasteiger partial charge is 0.456 e. The smallest absolute Gasteiger partial charge is 0.136 e. The van der Waals surface area contributed by atoms with Crippen molar-refractivity contribution in [3.63, 3.8) is 0 Å². The van der Waals surface area contributed by atoms with E-state index in [2.05, 4.69) is 22.0 Å². The van der Waals surface area contributed by atoms with E-state index < -0.39 is 0 Å². The van der Waals surface area contributed by atoms with Crippen LogP contribution in [0.3, 0.4) is 0 Å². The van der Waals surface area contributed by atoms with Crippen molar-refractivity contribution in [3.8, 4) is 0 Å². The Hall–Kier alpha value is -2.26. The van der Waals surface area contributed by atoms with E-state index in [0.717, 1.165) is 48.3 Å². The second kappa shape index (κ2) is 3.89. The first-order valence-electron chi connectivity index (χ1n) is 6.74. The van der Waals surface area contributed by atoms with Gasteiger partial charge in [0.1, 0.15) is 22.3 Å². The number of hydrogen-bond donors (Lipinski definition) is 0. The molecule has 0 unspecified atom stereocenters. The fourth-order valence-electron chi connectivity index (χ4n) is 3.08. The van der Waals surface area contributed by atoms with Gasteiger partial charge in [-0.1, -0.05) is 40.2 Å². The van der Waals surface area contributed by atoms with E-state index in [0.29, 0.717) is 0 Å². The molecule has 0 radical (unpaired) electrons. The molecule has 3 aromatic carbocycles. The lowest BCUT2D eigenvalue weighted by Gasteiger charge is -1.95. The molecule has 0 spiro atoms. The first kappa shape index (κ1) is 11.4. The van der Waals surface area contributed by atoms with Crippen molar-refractivity contribution in [1.29, 1.82) is 0 Å².